The summed E-state index contributed by atoms with van der Waals surface area (Å²) in [6.45, 7) is 0. The van der Waals surface area contributed by atoms with Crippen LogP contribution < -0.4 is 0 Å². The van der Waals surface area contributed by atoms with Crippen molar-refractivity contribution in [2.24, 2.45) is 0 Å². The van der Waals surface area contributed by atoms with Crippen molar-refractivity contribution >= 4 is 0 Å². The average molecular weight is 138 g/mol. The van der Waals surface area contributed by atoms with E-state index in [2.05, 4.69) is 0 Å². The van der Waals surface area contributed by atoms with Gasteiger partial charge in [-0.15, -0.1) is 0 Å². The summed E-state index contributed by atoms with van der Waals surface area (Å²) in [4.78, 5) is 0. The van der Waals surface area contributed by atoms with Crippen LogP contribution in [0.4, 0.5) is 0 Å². The minimum absolute atomic E-state index is 0.295. The van der Waals surface area contributed by atoms with Crippen molar-refractivity contribution in [1.82, 2.24) is 0 Å². The molecule has 54 valence electrons. The van der Waals surface area contributed by atoms with Crippen LogP contribution in [0.1, 0.15) is 6.42 Å². The van der Waals surface area contributed by atoms with Gasteiger partial charge in [0.25, 0.3) is 0 Å². The quantitative estimate of drug-likeness (QED) is 0.599. The van der Waals surface area contributed by atoms with Gasteiger partial charge in [0.05, 0.1) is 7.11 Å². The van der Waals surface area contributed by atoms with Crippen LogP contribution in [0.2, 0.25) is 0 Å². The second-order valence-corrected chi connectivity index (χ2v) is 2.01. The maximum atomic E-state index is 8.99. The molecule has 0 spiro atoms. The lowest BCUT2D eigenvalue weighted by atomic mass is 10.3. The van der Waals surface area contributed by atoms with E-state index < -0.39 is 0 Å². The highest BCUT2D eigenvalue weighted by Crippen LogP contribution is 2.08. The Bertz CT molecular complexity index is 199. The molecule has 0 fully saturated rings. The largest absolute Gasteiger partial charge is 0.508 e. The van der Waals surface area contributed by atoms with E-state index in [0.717, 1.165) is 12.2 Å². The van der Waals surface area contributed by atoms with E-state index in [0.29, 0.717) is 5.76 Å². The topological polar surface area (TPSA) is 29.5 Å². The maximum Gasteiger partial charge on any atom is 0.115 e. The zero-order valence-electron chi connectivity index (χ0n) is 5.87. The predicted molar refractivity (Wildman–Crippen MR) is 39.6 cm³/mol. The van der Waals surface area contributed by atoms with Crippen molar-refractivity contribution in [2.45, 2.75) is 6.42 Å². The number of methoxy groups -OCH3 is 1. The minimum atomic E-state index is 0.295. The summed E-state index contributed by atoms with van der Waals surface area (Å²) in [5.41, 5.74) is 0. The zero-order valence-corrected chi connectivity index (χ0v) is 5.87. The Morgan fingerprint density at radius 1 is 1.40 bits per heavy atom. The molecule has 0 amide bonds. The van der Waals surface area contributed by atoms with Crippen molar-refractivity contribution in [2.75, 3.05) is 7.11 Å². The predicted octanol–water partition coefficient (Wildman–Crippen LogP) is 1.92. The van der Waals surface area contributed by atoms with Gasteiger partial charge < -0.3 is 9.84 Å². The highest BCUT2D eigenvalue weighted by atomic mass is 16.5. The summed E-state index contributed by atoms with van der Waals surface area (Å²) in [6.07, 6.45) is 7.70. The molecule has 1 N–H and O–H groups in total. The van der Waals surface area contributed by atoms with Crippen LogP contribution in [0, 0.1) is 0 Å². The van der Waals surface area contributed by atoms with Crippen LogP contribution in [0.25, 0.3) is 0 Å². The first-order chi connectivity index (χ1) is 4.83. The molecule has 0 bridgehead atoms. The van der Waals surface area contributed by atoms with E-state index in [1.54, 1.807) is 25.3 Å². The van der Waals surface area contributed by atoms with Gasteiger partial charge in [0.1, 0.15) is 11.5 Å². The molecule has 0 radical (unpaired) electrons. The van der Waals surface area contributed by atoms with Crippen molar-refractivity contribution in [1.29, 1.82) is 0 Å². The lowest BCUT2D eigenvalue weighted by molar-refractivity contribution is 0.305. The Morgan fingerprint density at radius 2 is 2.20 bits per heavy atom. The summed E-state index contributed by atoms with van der Waals surface area (Å²) in [7, 11) is 1.61. The van der Waals surface area contributed by atoms with Crippen molar-refractivity contribution in [3.05, 3.63) is 35.8 Å². The van der Waals surface area contributed by atoms with Gasteiger partial charge in [0, 0.05) is 0 Å². The van der Waals surface area contributed by atoms with Crippen LogP contribution in [0.3, 0.4) is 0 Å². The molecule has 0 atom stereocenters. The SMILES string of the molecule is COC1=CCC=C(O)C=C1. The summed E-state index contributed by atoms with van der Waals surface area (Å²) in [5.74, 6) is 1.09. The highest BCUT2D eigenvalue weighted by molar-refractivity contribution is 5.25. The molecule has 0 saturated heterocycles. The van der Waals surface area contributed by atoms with Gasteiger partial charge in [-0.2, -0.15) is 0 Å². The summed E-state index contributed by atoms with van der Waals surface area (Å²) in [5, 5.41) is 8.99. The van der Waals surface area contributed by atoms with Gasteiger partial charge >= 0.3 is 0 Å². The van der Waals surface area contributed by atoms with Crippen LogP contribution in [0.5, 0.6) is 0 Å². The monoisotopic (exact) mass is 138 g/mol. The fourth-order valence-electron chi connectivity index (χ4n) is 0.751. The molecule has 1 aliphatic rings. The molecular formula is C8H10O2. The summed E-state index contributed by atoms with van der Waals surface area (Å²) < 4.78 is 4.95. The molecule has 0 heterocycles. The normalized spacial score (nSPS) is 17.3. The first-order valence-electron chi connectivity index (χ1n) is 3.14. The Morgan fingerprint density at radius 3 is 2.90 bits per heavy atom. The molecule has 2 heteroatoms. The molecule has 0 aromatic rings. The van der Waals surface area contributed by atoms with Gasteiger partial charge in [-0.25, -0.2) is 0 Å². The maximum absolute atomic E-state index is 8.99. The molecule has 0 aromatic heterocycles. The van der Waals surface area contributed by atoms with Gasteiger partial charge in [-0.1, -0.05) is 0 Å². The third kappa shape index (κ3) is 1.65. The van der Waals surface area contributed by atoms with E-state index >= 15 is 0 Å². The third-order valence-electron chi connectivity index (χ3n) is 1.30. The molecule has 0 aromatic carbocycles. The fourth-order valence-corrected chi connectivity index (χ4v) is 0.751. The van der Waals surface area contributed by atoms with E-state index in [1.807, 2.05) is 6.08 Å². The number of allylic oxidation sites excluding steroid dienone is 4. The molecule has 0 aliphatic heterocycles. The lowest BCUT2D eigenvalue weighted by Gasteiger charge is -1.95. The third-order valence-corrected chi connectivity index (χ3v) is 1.30. The number of aliphatic hydroxyl groups is 1. The number of hydrogen-bond donors (Lipinski definition) is 1. The Hall–Kier alpha value is -1.18. The van der Waals surface area contributed by atoms with E-state index in [9.17, 15) is 0 Å². The van der Waals surface area contributed by atoms with Gasteiger partial charge in [-0.05, 0) is 30.7 Å². The first-order valence-corrected chi connectivity index (χ1v) is 3.14. The molecule has 2 nitrogen and oxygen atoms in total. The number of aliphatic hydroxyl groups excluding tert-OH is 1. The van der Waals surface area contributed by atoms with Gasteiger partial charge in [0.2, 0.25) is 0 Å². The minimum Gasteiger partial charge on any atom is -0.508 e. The van der Waals surface area contributed by atoms with Crippen LogP contribution in [-0.2, 0) is 4.74 Å². The van der Waals surface area contributed by atoms with Crippen LogP contribution in [-0.4, -0.2) is 12.2 Å². The smallest absolute Gasteiger partial charge is 0.115 e. The molecular weight excluding hydrogens is 128 g/mol. The Kier molecular flexibility index (Phi) is 2.15. The van der Waals surface area contributed by atoms with Crippen LogP contribution in [0.15, 0.2) is 35.8 Å². The van der Waals surface area contributed by atoms with Crippen molar-refractivity contribution < 1.29 is 9.84 Å². The average Bonchev–Trinajstić information content (AvgIpc) is 2.14. The first kappa shape index (κ1) is 6.93. The second-order valence-electron chi connectivity index (χ2n) is 2.01. The highest BCUT2D eigenvalue weighted by Gasteiger charge is 1.94. The van der Waals surface area contributed by atoms with Crippen LogP contribution >= 0.6 is 0 Å². The molecule has 0 unspecified atom stereocenters. The van der Waals surface area contributed by atoms with E-state index in [1.165, 1.54) is 0 Å². The van der Waals surface area contributed by atoms with Crippen molar-refractivity contribution in [3.63, 3.8) is 0 Å². The number of hydrogen-bond acceptors (Lipinski definition) is 2. The number of rotatable bonds is 1. The Balaban J connectivity index is 2.69. The van der Waals surface area contributed by atoms with Gasteiger partial charge in [0.15, 0.2) is 0 Å². The number of ether oxygens (including phenoxy) is 1. The van der Waals surface area contributed by atoms with Crippen molar-refractivity contribution in [3.8, 4) is 0 Å². The fraction of sp³-hybridized carbons (Fsp3) is 0.250. The Labute approximate surface area is 60.1 Å². The second kappa shape index (κ2) is 3.11. The van der Waals surface area contributed by atoms with E-state index in [4.69, 9.17) is 9.84 Å². The molecule has 0 saturated carbocycles. The van der Waals surface area contributed by atoms with E-state index in [-0.39, 0.29) is 0 Å². The van der Waals surface area contributed by atoms with Gasteiger partial charge in [-0.3, -0.25) is 0 Å². The summed E-state index contributed by atoms with van der Waals surface area (Å²) >= 11 is 0. The molecule has 1 rings (SSSR count). The molecule has 1 aliphatic carbocycles. The summed E-state index contributed by atoms with van der Waals surface area (Å²) in [6, 6.07) is 0. The zero-order chi connectivity index (χ0) is 7.40. The lowest BCUT2D eigenvalue weighted by Crippen LogP contribution is -1.78. The standard InChI is InChI=1S/C8H10O2/c1-10-8-4-2-3-7(9)5-6-8/h3-6,9H,2H2,1H3. The molecule has 10 heavy (non-hydrogen) atoms.